The molecule has 1 aromatic rings. The molecule has 27 heavy (non-hydrogen) atoms. The topological polar surface area (TPSA) is 49.7 Å². The molecule has 0 aliphatic heterocycles. The Morgan fingerprint density at radius 3 is 2.48 bits per heavy atom. The van der Waals surface area contributed by atoms with E-state index in [0.717, 1.165) is 36.1 Å². The van der Waals surface area contributed by atoms with Gasteiger partial charge in [0.05, 0.1) is 12.7 Å². The van der Waals surface area contributed by atoms with Crippen LogP contribution in [0.2, 0.25) is 0 Å². The van der Waals surface area contributed by atoms with Gasteiger partial charge in [0.15, 0.2) is 0 Å². The monoisotopic (exact) mass is 468 g/mol. The molecule has 0 heterocycles. The van der Waals surface area contributed by atoms with Crippen LogP contribution < -0.4 is 4.74 Å². The molecule has 2 rings (SSSR count). The molecule has 1 aliphatic carbocycles. The van der Waals surface area contributed by atoms with Crippen molar-refractivity contribution in [1.82, 2.24) is 0 Å². The summed E-state index contributed by atoms with van der Waals surface area (Å²) in [7, 11) is 0. The first-order chi connectivity index (χ1) is 12.5. The zero-order valence-electron chi connectivity index (χ0n) is 16.5. The zero-order valence-corrected chi connectivity index (χ0v) is 20.1. The molecule has 0 aromatic heterocycles. The van der Waals surface area contributed by atoms with Gasteiger partial charge in [-0.3, -0.25) is 0 Å². The first-order valence-corrected chi connectivity index (χ1v) is 10.0. The number of allylic oxidation sites excluding steroid dienone is 2. The number of halogens is 1. The van der Waals surface area contributed by atoms with Crippen molar-refractivity contribution in [2.75, 3.05) is 13.2 Å². The van der Waals surface area contributed by atoms with Crippen LogP contribution in [-0.4, -0.2) is 34.9 Å². The number of aliphatic hydroxyl groups is 2. The van der Waals surface area contributed by atoms with Crippen LogP contribution in [0.15, 0.2) is 24.3 Å². The van der Waals surface area contributed by atoms with E-state index in [4.69, 9.17) is 16.3 Å². The summed E-state index contributed by atoms with van der Waals surface area (Å²) >= 11 is 6.48. The van der Waals surface area contributed by atoms with Crippen molar-refractivity contribution in [2.45, 2.75) is 57.4 Å². The van der Waals surface area contributed by atoms with E-state index in [2.05, 4.69) is 19.1 Å². The fraction of sp³-hybridized carbons (Fsp3) is 0.591. The van der Waals surface area contributed by atoms with Crippen molar-refractivity contribution >= 4 is 11.6 Å². The van der Waals surface area contributed by atoms with E-state index in [1.54, 1.807) is 0 Å². The van der Waals surface area contributed by atoms with E-state index < -0.39 is 6.10 Å². The smallest absolute Gasteiger partial charge is 0.119 e. The molecule has 0 bridgehead atoms. The molecule has 1 fully saturated rings. The Kier molecular flexibility index (Phi) is 11.7. The molecule has 149 valence electrons. The minimum absolute atomic E-state index is 0. The number of aryl methyl sites for hydroxylation is 2. The first kappa shape index (κ1) is 25.1. The number of hydrogen-bond acceptors (Lipinski definition) is 3. The molecule has 4 atom stereocenters. The molecule has 3 nitrogen and oxygen atoms in total. The zero-order chi connectivity index (χ0) is 19.1. The van der Waals surface area contributed by atoms with Crippen molar-refractivity contribution in [3.8, 4) is 5.75 Å². The molecule has 1 aromatic carbocycles. The van der Waals surface area contributed by atoms with Crippen molar-refractivity contribution in [3.63, 3.8) is 0 Å². The summed E-state index contributed by atoms with van der Waals surface area (Å²) in [6.45, 7) is 8.54. The number of unbranched alkanes of at least 4 members (excludes halogenated alkanes) is 1. The first-order valence-electron chi connectivity index (χ1n) is 9.58. The molecule has 2 N–H and O–H groups in total. The van der Waals surface area contributed by atoms with Crippen LogP contribution in [0.25, 0.3) is 0 Å². The molecular weight excluding hydrogens is 437 g/mol. The van der Waals surface area contributed by atoms with Gasteiger partial charge in [0.2, 0.25) is 0 Å². The summed E-state index contributed by atoms with van der Waals surface area (Å²) in [5.74, 6) is 1.08. The Balaban J connectivity index is 0.00000364. The largest absolute Gasteiger partial charge is 0.493 e. The molecule has 0 spiro atoms. The number of aliphatic hydroxyl groups excluding tert-OH is 2. The van der Waals surface area contributed by atoms with Crippen LogP contribution in [0, 0.1) is 32.6 Å². The number of alkyl halides is 1. The van der Waals surface area contributed by atoms with Gasteiger partial charge >= 0.3 is 0 Å². The Labute approximate surface area is 194 Å². The van der Waals surface area contributed by atoms with Crippen molar-refractivity contribution in [2.24, 2.45) is 11.8 Å². The minimum atomic E-state index is -0.417. The Hall–Kier alpha value is 0.0739. The maximum absolute atomic E-state index is 10.4. The van der Waals surface area contributed by atoms with Crippen LogP contribution in [0.3, 0.4) is 0 Å². The van der Waals surface area contributed by atoms with E-state index in [1.807, 2.05) is 26.0 Å². The molecule has 0 amide bonds. The van der Waals surface area contributed by atoms with E-state index in [0.29, 0.717) is 19.4 Å². The Morgan fingerprint density at radius 2 is 1.89 bits per heavy atom. The molecule has 1 radical (unpaired) electrons. The molecule has 1 aliphatic rings. The van der Waals surface area contributed by atoms with E-state index >= 15 is 0 Å². The summed E-state index contributed by atoms with van der Waals surface area (Å²) in [4.78, 5) is 0. The Bertz CT molecular complexity index is 582. The Morgan fingerprint density at radius 1 is 1.22 bits per heavy atom. The van der Waals surface area contributed by atoms with Gasteiger partial charge in [-0.2, -0.15) is 6.42 Å². The number of benzene rings is 1. The number of ether oxygens (including phenoxy) is 1. The third-order valence-electron chi connectivity index (χ3n) is 5.39. The molecule has 0 unspecified atom stereocenters. The van der Waals surface area contributed by atoms with Gasteiger partial charge in [-0.05, 0) is 67.9 Å². The van der Waals surface area contributed by atoms with Crippen molar-refractivity contribution in [1.29, 1.82) is 0 Å². The maximum Gasteiger partial charge on any atom is 0.119 e. The van der Waals surface area contributed by atoms with Crippen LogP contribution in [-0.2, 0) is 39.1 Å². The van der Waals surface area contributed by atoms with Crippen molar-refractivity contribution in [3.05, 3.63) is 47.9 Å². The molecule has 5 heteroatoms. The van der Waals surface area contributed by atoms with Gasteiger partial charge in [-0.15, -0.1) is 11.6 Å². The third-order valence-corrected chi connectivity index (χ3v) is 5.90. The maximum atomic E-state index is 10.4. The average Bonchev–Trinajstić information content (AvgIpc) is 2.86. The summed E-state index contributed by atoms with van der Waals surface area (Å²) in [5.41, 5.74) is 3.43. The van der Waals surface area contributed by atoms with Crippen LogP contribution in [0.1, 0.15) is 42.4 Å². The second-order valence-electron chi connectivity index (χ2n) is 7.32. The fourth-order valence-corrected chi connectivity index (χ4v) is 4.39. The minimum Gasteiger partial charge on any atom is -0.493 e. The second kappa shape index (κ2) is 12.6. The van der Waals surface area contributed by atoms with Crippen molar-refractivity contribution < 1.29 is 47.7 Å². The SMILES string of the molecule is [CH2-]CC/C=C\C[C@@H]1[C@@H](COc2cc(C)c(CCO)c(C)c2)[C@H](O)C[C@H]1Cl.[Y]. The van der Waals surface area contributed by atoms with Gasteiger partial charge in [-0.25, -0.2) is 0 Å². The number of hydrogen-bond donors (Lipinski definition) is 2. The van der Waals surface area contributed by atoms with Gasteiger partial charge in [-0.1, -0.05) is 18.6 Å². The van der Waals surface area contributed by atoms with Gasteiger partial charge in [0, 0.05) is 50.6 Å². The van der Waals surface area contributed by atoms with Gasteiger partial charge < -0.3 is 21.9 Å². The van der Waals surface area contributed by atoms with E-state index in [1.165, 1.54) is 5.56 Å². The quantitative estimate of drug-likeness (QED) is 0.321. The van der Waals surface area contributed by atoms with Crippen LogP contribution in [0.5, 0.6) is 5.75 Å². The second-order valence-corrected chi connectivity index (χ2v) is 7.88. The van der Waals surface area contributed by atoms with Crippen LogP contribution >= 0.6 is 11.6 Å². The molecule has 0 saturated heterocycles. The summed E-state index contributed by atoms with van der Waals surface area (Å²) in [6.07, 6.45) is 7.91. The standard InChI is InChI=1S/C22H32ClO3.Y/c1-4-5-6-7-8-19-20(22(25)13-21(19)23)14-26-17-11-15(2)18(9-10-24)16(3)12-17;/h6-7,11-12,19-22,24-25H,1,4-5,8-10,13-14H2,2-3H3;/q-1;/b7-6-;/t19-,20-,21-,22-;/m1./s1. The number of rotatable bonds is 9. The summed E-state index contributed by atoms with van der Waals surface area (Å²) < 4.78 is 6.05. The summed E-state index contributed by atoms with van der Waals surface area (Å²) in [6, 6.07) is 4.03. The van der Waals surface area contributed by atoms with E-state index in [-0.39, 0.29) is 56.5 Å². The normalized spacial score (nSPS) is 25.0. The summed E-state index contributed by atoms with van der Waals surface area (Å²) in [5, 5.41) is 19.6. The average molecular weight is 469 g/mol. The van der Waals surface area contributed by atoms with Gasteiger partial charge in [0.1, 0.15) is 5.75 Å². The predicted octanol–water partition coefficient (Wildman–Crippen LogP) is 4.38. The molecule has 1 saturated carbocycles. The van der Waals surface area contributed by atoms with Gasteiger partial charge in [0.25, 0.3) is 0 Å². The third kappa shape index (κ3) is 7.12. The van der Waals surface area contributed by atoms with Crippen LogP contribution in [0.4, 0.5) is 0 Å². The predicted molar refractivity (Wildman–Crippen MR) is 108 cm³/mol. The van der Waals surface area contributed by atoms with E-state index in [9.17, 15) is 10.2 Å². The fourth-order valence-electron chi connectivity index (χ4n) is 3.92. The molecular formula is C22H32ClO3Y-.